The Balaban J connectivity index is 1.20. The third kappa shape index (κ3) is 6.49. The number of phosphoric ester groups is 1. The maximum absolute atomic E-state index is 12.8. The lowest BCUT2D eigenvalue weighted by Gasteiger charge is -2.23. The van der Waals surface area contributed by atoms with Gasteiger partial charge in [0.25, 0.3) is 5.56 Å². The van der Waals surface area contributed by atoms with Crippen LogP contribution < -0.4 is 22.7 Å². The quantitative estimate of drug-likeness (QED) is 0.126. The van der Waals surface area contributed by atoms with E-state index in [1.54, 1.807) is 0 Å². The van der Waals surface area contributed by atoms with Crippen LogP contribution in [-0.4, -0.2) is 87.7 Å². The number of anilines is 2. The molecule has 5 rings (SSSR count). The number of aliphatic hydroxyl groups is 1. The molecule has 0 bridgehead atoms. The summed E-state index contributed by atoms with van der Waals surface area (Å²) < 4.78 is 42.1. The van der Waals surface area contributed by atoms with Gasteiger partial charge in [-0.1, -0.05) is 0 Å². The Morgan fingerprint density at radius 1 is 1.24 bits per heavy atom. The highest BCUT2D eigenvalue weighted by Gasteiger charge is 2.44. The molecule has 228 valence electrons. The normalized spacial score (nSPS) is 27.3. The molecule has 5 heterocycles. The van der Waals surface area contributed by atoms with E-state index in [0.717, 1.165) is 10.9 Å². The van der Waals surface area contributed by atoms with Crippen LogP contribution in [0.15, 0.2) is 22.2 Å². The van der Waals surface area contributed by atoms with E-state index in [4.69, 9.17) is 34.7 Å². The molecule has 0 aliphatic carbocycles. The maximum Gasteiger partial charge on any atom is 0.472 e. The van der Waals surface area contributed by atoms with Crippen molar-refractivity contribution in [2.75, 3.05) is 31.3 Å². The highest BCUT2D eigenvalue weighted by atomic mass is 31.2. The minimum Gasteiger partial charge on any atom is -0.463 e. The van der Waals surface area contributed by atoms with Gasteiger partial charge in [-0.05, 0) is 0 Å². The van der Waals surface area contributed by atoms with Gasteiger partial charge in [0, 0.05) is 26.2 Å². The summed E-state index contributed by atoms with van der Waals surface area (Å²) in [5, 5.41) is 11.0. The highest BCUT2D eigenvalue weighted by Crippen LogP contribution is 2.49. The number of aromatic amines is 1. The second-order valence-electron chi connectivity index (χ2n) is 9.74. The average molecular weight is 613 g/mol. The summed E-state index contributed by atoms with van der Waals surface area (Å²) in [7, 11) is -4.75. The van der Waals surface area contributed by atoms with Gasteiger partial charge in [0.05, 0.1) is 25.1 Å². The first-order valence-electron chi connectivity index (χ1n) is 12.5. The van der Waals surface area contributed by atoms with Crippen molar-refractivity contribution in [2.45, 2.75) is 56.5 Å². The van der Waals surface area contributed by atoms with Crippen LogP contribution in [0, 0.1) is 0 Å². The molecule has 0 spiro atoms. The SMILES string of the molecule is CC(=O)OC[C@H]1O[C@@H](n2cnc(N)nc2=O)CC1OP(=O)(O)OCCC1(O)CO[C@@H](n2cnc3c(=O)[nH]c(N)nc32)C1. The molecule has 0 aromatic carbocycles. The molecule has 0 radical (unpaired) electrons. The molecule has 3 aromatic heterocycles. The molecule has 7 N–H and O–H groups in total. The predicted octanol–water partition coefficient (Wildman–Crippen LogP) is -1.67. The van der Waals surface area contributed by atoms with Gasteiger partial charge in [0.2, 0.25) is 11.9 Å². The Kier molecular flexibility index (Phi) is 8.12. The predicted molar refractivity (Wildman–Crippen MR) is 138 cm³/mol. The zero-order valence-corrected chi connectivity index (χ0v) is 23.0. The Bertz CT molecular complexity index is 1640. The molecular formula is C21H28N9O11P. The monoisotopic (exact) mass is 613 g/mol. The number of hydrogen-bond acceptors (Lipinski definition) is 16. The number of esters is 1. The summed E-state index contributed by atoms with van der Waals surface area (Å²) in [6.07, 6.45) is -1.74. The van der Waals surface area contributed by atoms with Crippen molar-refractivity contribution < 1.29 is 42.6 Å². The van der Waals surface area contributed by atoms with Crippen LogP contribution in [0.4, 0.5) is 11.9 Å². The van der Waals surface area contributed by atoms with Crippen molar-refractivity contribution in [3.05, 3.63) is 33.5 Å². The lowest BCUT2D eigenvalue weighted by atomic mass is 9.99. The number of nitrogens with one attached hydrogen (secondary N) is 1. The standard InChI is InChI=1S/C21H28N9O11P/c1-10(31)37-6-12-11(4-13(40-12)30-9-25-18(22)28-20(30)33)41-42(35,36)39-3-2-21(34)5-14(38-7-21)29-8-24-15-16(29)26-19(23)27-17(15)32/h8-9,11-14,34H,2-7H2,1H3,(H,35,36)(H2,22,28,33)(H3,23,26,27,32)/t11?,12-,13-,14-,21?/m1/s1. The minimum absolute atomic E-state index is 0.0216. The number of carbonyl (C=O) groups excluding carboxylic acids is 1. The second-order valence-corrected chi connectivity index (χ2v) is 11.1. The number of phosphoric acid groups is 1. The van der Waals surface area contributed by atoms with Crippen molar-refractivity contribution in [2.24, 2.45) is 0 Å². The van der Waals surface area contributed by atoms with Crippen LogP contribution >= 0.6 is 7.82 Å². The number of nitrogen functional groups attached to an aromatic ring is 2. The molecule has 6 atom stereocenters. The lowest BCUT2D eigenvalue weighted by molar-refractivity contribution is -0.147. The van der Waals surface area contributed by atoms with Gasteiger partial charge in [0.1, 0.15) is 37.6 Å². The van der Waals surface area contributed by atoms with Gasteiger partial charge >= 0.3 is 19.5 Å². The topological polar surface area (TPSA) is 284 Å². The number of fused-ring (bicyclic) bond motifs is 1. The summed E-state index contributed by atoms with van der Waals surface area (Å²) in [4.78, 5) is 63.7. The van der Waals surface area contributed by atoms with E-state index < -0.39 is 61.9 Å². The molecule has 2 aliphatic rings. The Labute approximate surface area is 235 Å². The van der Waals surface area contributed by atoms with Crippen LogP contribution in [0.2, 0.25) is 0 Å². The first-order valence-corrected chi connectivity index (χ1v) is 14.0. The van der Waals surface area contributed by atoms with Crippen molar-refractivity contribution in [1.29, 1.82) is 0 Å². The Hall–Kier alpha value is -3.78. The third-order valence-electron chi connectivity index (χ3n) is 6.64. The van der Waals surface area contributed by atoms with Crippen molar-refractivity contribution in [3.8, 4) is 0 Å². The van der Waals surface area contributed by atoms with Crippen LogP contribution in [0.3, 0.4) is 0 Å². The van der Waals surface area contributed by atoms with Crippen LogP contribution in [0.5, 0.6) is 0 Å². The van der Waals surface area contributed by atoms with Crippen LogP contribution in [0.1, 0.15) is 38.6 Å². The van der Waals surface area contributed by atoms with Gasteiger partial charge in [-0.2, -0.15) is 9.97 Å². The van der Waals surface area contributed by atoms with Gasteiger partial charge in [0.15, 0.2) is 11.2 Å². The number of nitrogens with two attached hydrogens (primary N) is 2. The van der Waals surface area contributed by atoms with Gasteiger partial charge in [-0.3, -0.25) is 32.8 Å². The number of aromatic nitrogens is 7. The van der Waals surface area contributed by atoms with E-state index in [-0.39, 0.29) is 55.5 Å². The van der Waals surface area contributed by atoms with Crippen LogP contribution in [-0.2, 0) is 32.6 Å². The third-order valence-corrected chi connectivity index (χ3v) is 7.68. The van der Waals surface area contributed by atoms with Gasteiger partial charge in [-0.15, -0.1) is 0 Å². The number of ether oxygens (including phenoxy) is 3. The zero-order valence-electron chi connectivity index (χ0n) is 22.1. The molecule has 3 unspecified atom stereocenters. The number of hydrogen-bond donors (Lipinski definition) is 5. The molecule has 20 nitrogen and oxygen atoms in total. The fourth-order valence-electron chi connectivity index (χ4n) is 4.64. The molecule has 2 fully saturated rings. The minimum atomic E-state index is -4.75. The fourth-order valence-corrected chi connectivity index (χ4v) is 5.58. The van der Waals surface area contributed by atoms with E-state index in [1.165, 1.54) is 17.8 Å². The first-order chi connectivity index (χ1) is 19.8. The highest BCUT2D eigenvalue weighted by molar-refractivity contribution is 7.47. The van der Waals surface area contributed by atoms with E-state index in [9.17, 15) is 28.9 Å². The van der Waals surface area contributed by atoms with Crippen LogP contribution in [0.25, 0.3) is 11.2 Å². The van der Waals surface area contributed by atoms with E-state index >= 15 is 0 Å². The molecule has 0 amide bonds. The molecule has 3 aromatic rings. The summed E-state index contributed by atoms with van der Waals surface area (Å²) in [5.41, 5.74) is 8.49. The molecular weight excluding hydrogens is 585 g/mol. The maximum atomic E-state index is 12.8. The summed E-state index contributed by atoms with van der Waals surface area (Å²) in [6.45, 7) is 0.266. The number of H-pyrrole nitrogens is 1. The van der Waals surface area contributed by atoms with Crippen molar-refractivity contribution >= 4 is 36.9 Å². The summed E-state index contributed by atoms with van der Waals surface area (Å²) in [6, 6.07) is 0. The largest absolute Gasteiger partial charge is 0.472 e. The lowest BCUT2D eigenvalue weighted by Crippen LogP contribution is -2.31. The average Bonchev–Trinajstić information content (AvgIpc) is 3.59. The van der Waals surface area contributed by atoms with Crippen molar-refractivity contribution in [3.63, 3.8) is 0 Å². The van der Waals surface area contributed by atoms with Gasteiger partial charge in [-0.25, -0.2) is 19.3 Å². The molecule has 2 aliphatic heterocycles. The summed E-state index contributed by atoms with van der Waals surface area (Å²) >= 11 is 0. The molecule has 2 saturated heterocycles. The number of nitrogens with zero attached hydrogens (tertiary/aromatic N) is 6. The number of rotatable bonds is 10. The number of carbonyl (C=O) groups is 1. The summed E-state index contributed by atoms with van der Waals surface area (Å²) in [5.74, 6) is -0.989. The zero-order chi connectivity index (χ0) is 30.2. The van der Waals surface area contributed by atoms with Crippen molar-refractivity contribution in [1.82, 2.24) is 34.1 Å². The Morgan fingerprint density at radius 2 is 2.00 bits per heavy atom. The fraction of sp³-hybridized carbons (Fsp3) is 0.571. The Morgan fingerprint density at radius 3 is 2.74 bits per heavy atom. The molecule has 21 heteroatoms. The molecule has 42 heavy (non-hydrogen) atoms. The van der Waals surface area contributed by atoms with E-state index in [0.29, 0.717) is 0 Å². The number of imidazole rings is 1. The molecule has 0 saturated carbocycles. The van der Waals surface area contributed by atoms with E-state index in [2.05, 4.69) is 24.9 Å². The van der Waals surface area contributed by atoms with E-state index in [1.807, 2.05) is 0 Å². The first kappa shape index (κ1) is 29.7. The van der Waals surface area contributed by atoms with Gasteiger partial charge < -0.3 is 35.7 Å². The smallest absolute Gasteiger partial charge is 0.463 e. The second kappa shape index (κ2) is 11.5.